The standard InChI is InChI=1S/C24H20N6OS/c1-17(22-27-28-23(31-22)19-11-6-3-7-12-19)32-24-29-26-21(20-13-8-14-25-15-20)30(24)16-18-9-4-2-5-10-18/h2-15,17H,16H2,1H3. The minimum Gasteiger partial charge on any atom is -0.419 e. The molecule has 0 aliphatic carbocycles. The molecule has 0 saturated carbocycles. The monoisotopic (exact) mass is 440 g/mol. The quantitative estimate of drug-likeness (QED) is 0.318. The fourth-order valence-corrected chi connectivity index (χ4v) is 4.18. The Hall–Kier alpha value is -3.78. The Kier molecular flexibility index (Phi) is 5.76. The summed E-state index contributed by atoms with van der Waals surface area (Å²) in [6.07, 6.45) is 3.55. The van der Waals surface area contributed by atoms with Crippen LogP contribution in [0, 0.1) is 0 Å². The largest absolute Gasteiger partial charge is 0.419 e. The Morgan fingerprint density at radius 1 is 0.844 bits per heavy atom. The molecular formula is C24H20N6OS. The van der Waals surface area contributed by atoms with E-state index in [9.17, 15) is 0 Å². The van der Waals surface area contributed by atoms with Crippen LogP contribution in [0.1, 0.15) is 23.6 Å². The number of hydrogen-bond donors (Lipinski definition) is 0. The zero-order valence-corrected chi connectivity index (χ0v) is 18.2. The second kappa shape index (κ2) is 9.15. The highest BCUT2D eigenvalue weighted by Crippen LogP contribution is 2.36. The Bertz CT molecular complexity index is 1290. The molecule has 1 atom stereocenters. The molecule has 0 spiro atoms. The van der Waals surface area contributed by atoms with Gasteiger partial charge in [-0.05, 0) is 36.8 Å². The molecule has 0 N–H and O–H groups in total. The molecule has 0 aliphatic rings. The summed E-state index contributed by atoms with van der Waals surface area (Å²) < 4.78 is 8.04. The number of nitrogens with zero attached hydrogens (tertiary/aromatic N) is 6. The first kappa shape index (κ1) is 20.1. The van der Waals surface area contributed by atoms with Crippen molar-refractivity contribution in [3.8, 4) is 22.8 Å². The van der Waals surface area contributed by atoms with Crippen molar-refractivity contribution in [3.05, 3.63) is 96.6 Å². The fourth-order valence-electron chi connectivity index (χ4n) is 3.30. The molecule has 0 aliphatic heterocycles. The van der Waals surface area contributed by atoms with Gasteiger partial charge in [0.25, 0.3) is 0 Å². The van der Waals surface area contributed by atoms with E-state index in [1.807, 2.05) is 67.6 Å². The van der Waals surface area contributed by atoms with Gasteiger partial charge in [0.1, 0.15) is 0 Å². The van der Waals surface area contributed by atoms with Crippen LogP contribution in [-0.2, 0) is 6.54 Å². The summed E-state index contributed by atoms with van der Waals surface area (Å²) in [6, 6.07) is 23.9. The van der Waals surface area contributed by atoms with Crippen molar-refractivity contribution in [1.82, 2.24) is 29.9 Å². The highest BCUT2D eigenvalue weighted by Gasteiger charge is 2.22. The molecular weight excluding hydrogens is 420 g/mol. The van der Waals surface area contributed by atoms with Gasteiger partial charge in [-0.3, -0.25) is 9.55 Å². The molecule has 0 fully saturated rings. The van der Waals surface area contributed by atoms with Crippen LogP contribution >= 0.6 is 11.8 Å². The van der Waals surface area contributed by atoms with E-state index in [0.29, 0.717) is 18.3 Å². The molecule has 0 bridgehead atoms. The van der Waals surface area contributed by atoms with Gasteiger partial charge in [-0.15, -0.1) is 20.4 Å². The lowest BCUT2D eigenvalue weighted by molar-refractivity contribution is 0.508. The van der Waals surface area contributed by atoms with Crippen molar-refractivity contribution in [2.45, 2.75) is 23.9 Å². The minimum atomic E-state index is -0.0968. The zero-order valence-electron chi connectivity index (χ0n) is 17.4. The van der Waals surface area contributed by atoms with Crippen LogP contribution in [0.3, 0.4) is 0 Å². The molecule has 3 heterocycles. The van der Waals surface area contributed by atoms with Gasteiger partial charge in [0.15, 0.2) is 11.0 Å². The Morgan fingerprint density at radius 3 is 2.34 bits per heavy atom. The molecule has 32 heavy (non-hydrogen) atoms. The van der Waals surface area contributed by atoms with Crippen LogP contribution in [-0.4, -0.2) is 29.9 Å². The molecule has 7 nitrogen and oxygen atoms in total. The summed E-state index contributed by atoms with van der Waals surface area (Å²) >= 11 is 1.54. The molecule has 8 heteroatoms. The Labute approximate surface area is 189 Å². The SMILES string of the molecule is CC(Sc1nnc(-c2cccnc2)n1Cc1ccccc1)c1nnc(-c2ccccc2)o1. The van der Waals surface area contributed by atoms with E-state index in [-0.39, 0.29) is 5.25 Å². The molecule has 0 saturated heterocycles. The summed E-state index contributed by atoms with van der Waals surface area (Å²) in [4.78, 5) is 4.24. The molecule has 158 valence electrons. The van der Waals surface area contributed by atoms with E-state index in [0.717, 1.165) is 27.7 Å². The average Bonchev–Trinajstić information content (AvgIpc) is 3.49. The van der Waals surface area contributed by atoms with Gasteiger partial charge in [0, 0.05) is 23.5 Å². The van der Waals surface area contributed by atoms with E-state index in [4.69, 9.17) is 4.42 Å². The number of rotatable bonds is 7. The van der Waals surface area contributed by atoms with Crippen LogP contribution < -0.4 is 0 Å². The summed E-state index contributed by atoms with van der Waals surface area (Å²) in [6.45, 7) is 2.67. The molecule has 5 rings (SSSR count). The van der Waals surface area contributed by atoms with Gasteiger partial charge in [-0.2, -0.15) is 0 Å². The first-order valence-corrected chi connectivity index (χ1v) is 11.1. The zero-order chi connectivity index (χ0) is 21.8. The van der Waals surface area contributed by atoms with Gasteiger partial charge in [0.2, 0.25) is 11.8 Å². The third-order valence-corrected chi connectivity index (χ3v) is 5.98. The third-order valence-electron chi connectivity index (χ3n) is 4.91. The second-order valence-corrected chi connectivity index (χ2v) is 8.50. The number of benzene rings is 2. The highest BCUT2D eigenvalue weighted by molar-refractivity contribution is 7.99. The van der Waals surface area contributed by atoms with Gasteiger partial charge in [0.05, 0.1) is 11.8 Å². The lowest BCUT2D eigenvalue weighted by atomic mass is 10.2. The van der Waals surface area contributed by atoms with Gasteiger partial charge in [-0.25, -0.2) is 0 Å². The summed E-state index contributed by atoms with van der Waals surface area (Å²) in [5, 5.41) is 18.1. The van der Waals surface area contributed by atoms with E-state index in [1.54, 1.807) is 12.4 Å². The van der Waals surface area contributed by atoms with Crippen molar-refractivity contribution >= 4 is 11.8 Å². The summed E-state index contributed by atoms with van der Waals surface area (Å²) in [5.74, 6) is 1.83. The van der Waals surface area contributed by atoms with Crippen molar-refractivity contribution in [2.24, 2.45) is 0 Å². The van der Waals surface area contributed by atoms with Crippen LogP contribution in [0.5, 0.6) is 0 Å². The predicted octanol–water partition coefficient (Wildman–Crippen LogP) is 5.29. The first-order chi connectivity index (χ1) is 15.8. The van der Waals surface area contributed by atoms with Crippen LogP contribution in [0.4, 0.5) is 0 Å². The topological polar surface area (TPSA) is 82.5 Å². The van der Waals surface area contributed by atoms with E-state index in [2.05, 4.69) is 42.1 Å². The minimum absolute atomic E-state index is 0.0968. The number of thioether (sulfide) groups is 1. The van der Waals surface area contributed by atoms with E-state index < -0.39 is 0 Å². The average molecular weight is 441 g/mol. The molecule has 2 aromatic carbocycles. The molecule has 1 unspecified atom stereocenters. The van der Waals surface area contributed by atoms with Crippen LogP contribution in [0.2, 0.25) is 0 Å². The van der Waals surface area contributed by atoms with Crippen LogP contribution in [0.15, 0.2) is 94.8 Å². The first-order valence-electron chi connectivity index (χ1n) is 10.2. The van der Waals surface area contributed by atoms with Crippen molar-refractivity contribution in [3.63, 3.8) is 0 Å². The second-order valence-electron chi connectivity index (χ2n) is 7.19. The maximum atomic E-state index is 5.94. The van der Waals surface area contributed by atoms with E-state index in [1.165, 1.54) is 11.8 Å². The van der Waals surface area contributed by atoms with Crippen molar-refractivity contribution < 1.29 is 4.42 Å². The van der Waals surface area contributed by atoms with Crippen LogP contribution in [0.25, 0.3) is 22.8 Å². The Morgan fingerprint density at radius 2 is 1.59 bits per heavy atom. The maximum absolute atomic E-state index is 5.94. The smallest absolute Gasteiger partial charge is 0.247 e. The fraction of sp³-hybridized carbons (Fsp3) is 0.125. The molecule has 5 aromatic rings. The maximum Gasteiger partial charge on any atom is 0.247 e. The predicted molar refractivity (Wildman–Crippen MR) is 123 cm³/mol. The lowest BCUT2D eigenvalue weighted by Gasteiger charge is -2.12. The summed E-state index contributed by atoms with van der Waals surface area (Å²) in [7, 11) is 0. The normalized spacial score (nSPS) is 12.0. The number of aromatic nitrogens is 6. The molecule has 0 radical (unpaired) electrons. The molecule has 3 aromatic heterocycles. The van der Waals surface area contributed by atoms with Crippen molar-refractivity contribution in [2.75, 3.05) is 0 Å². The van der Waals surface area contributed by atoms with Gasteiger partial charge >= 0.3 is 0 Å². The number of pyridine rings is 1. The Balaban J connectivity index is 1.44. The summed E-state index contributed by atoms with van der Waals surface area (Å²) in [5.41, 5.74) is 2.98. The molecule has 0 amide bonds. The highest BCUT2D eigenvalue weighted by atomic mass is 32.2. The van der Waals surface area contributed by atoms with Gasteiger partial charge < -0.3 is 4.42 Å². The van der Waals surface area contributed by atoms with E-state index >= 15 is 0 Å². The van der Waals surface area contributed by atoms with Crippen molar-refractivity contribution in [1.29, 1.82) is 0 Å². The van der Waals surface area contributed by atoms with Gasteiger partial charge in [-0.1, -0.05) is 60.3 Å². The number of hydrogen-bond acceptors (Lipinski definition) is 7. The lowest BCUT2D eigenvalue weighted by Crippen LogP contribution is -2.05. The third kappa shape index (κ3) is 4.31.